The van der Waals surface area contributed by atoms with E-state index in [1.165, 1.54) is 18.7 Å². The molecule has 1 saturated heterocycles. The molecule has 5 unspecified atom stereocenters. The molecule has 4 aromatic carbocycles. The van der Waals surface area contributed by atoms with E-state index >= 15 is 0 Å². The second-order valence-electron chi connectivity index (χ2n) is 17.4. The van der Waals surface area contributed by atoms with E-state index < -0.39 is 46.3 Å². The Balaban J connectivity index is 1.39. The molecular weight excluding hydrogens is 904 g/mol. The van der Waals surface area contributed by atoms with Crippen LogP contribution in [0, 0.1) is 11.3 Å². The van der Waals surface area contributed by atoms with E-state index in [9.17, 15) is 14.6 Å². The van der Waals surface area contributed by atoms with Crippen LogP contribution in [-0.4, -0.2) is 86.1 Å². The molecule has 1 amide bonds. The van der Waals surface area contributed by atoms with Crippen LogP contribution in [0.5, 0.6) is 11.5 Å². The van der Waals surface area contributed by atoms with E-state index in [2.05, 4.69) is 55.7 Å². The summed E-state index contributed by atoms with van der Waals surface area (Å²) in [6.07, 6.45) is -0.177. The molecule has 18 heteroatoms. The van der Waals surface area contributed by atoms with Gasteiger partial charge in [0.15, 0.2) is 31.5 Å². The largest absolute Gasteiger partial charge is 0.497 e. The van der Waals surface area contributed by atoms with Crippen molar-refractivity contribution >= 4 is 39.0 Å². The van der Waals surface area contributed by atoms with Gasteiger partial charge in [-0.2, -0.15) is 5.26 Å². The number of imidazole rings is 1. The van der Waals surface area contributed by atoms with Crippen molar-refractivity contribution in [2.24, 2.45) is 0 Å². The van der Waals surface area contributed by atoms with Gasteiger partial charge in [0.25, 0.3) is 5.91 Å². The van der Waals surface area contributed by atoms with E-state index in [0.717, 1.165) is 16.7 Å². The second-order valence-corrected chi connectivity index (χ2v) is 23.8. The molecule has 0 saturated carbocycles. The Morgan fingerprint density at radius 2 is 1.47 bits per heavy atom. The third-order valence-electron chi connectivity index (χ3n) is 12.1. The fourth-order valence-electron chi connectivity index (χ4n) is 7.61. The van der Waals surface area contributed by atoms with Gasteiger partial charge in [0.2, 0.25) is 0 Å². The predicted octanol–water partition coefficient (Wildman–Crippen LogP) is 10.0. The number of phosphoric acid groups is 1. The number of hydrogen-bond donors (Lipinski definition) is 1. The van der Waals surface area contributed by atoms with E-state index in [-0.39, 0.29) is 48.5 Å². The van der Waals surface area contributed by atoms with Gasteiger partial charge in [0.1, 0.15) is 41.7 Å². The molecule has 356 valence electrons. The van der Waals surface area contributed by atoms with Crippen LogP contribution < -0.4 is 14.8 Å². The van der Waals surface area contributed by atoms with Crippen LogP contribution >= 0.6 is 7.82 Å². The molecule has 0 radical (unpaired) electrons. The first-order valence-electron chi connectivity index (χ1n) is 22.1. The Bertz CT molecular complexity index is 2680. The SMILES string of the molecule is C=CCOP(=O)(OCCC#N)OC1C(COC(c2ccccc2)(c2ccc(OC)cc2)c2ccc(OC)cc2)OC(n2cnc3c(NC(=O)c4ccccc4)ncnc32)C1O[Si](C)(C)C(C)(C)C. The highest BCUT2D eigenvalue weighted by Crippen LogP contribution is 2.55. The van der Waals surface area contributed by atoms with Crippen molar-refractivity contribution < 1.29 is 46.3 Å². The number of benzene rings is 4. The highest BCUT2D eigenvalue weighted by atomic mass is 31.2. The molecule has 0 spiro atoms. The average Bonchev–Trinajstić information content (AvgIpc) is 3.92. The quantitative estimate of drug-likeness (QED) is 0.0236. The number of nitrogens with one attached hydrogen (secondary N) is 1. The van der Waals surface area contributed by atoms with Gasteiger partial charge in [-0.25, -0.2) is 19.5 Å². The minimum Gasteiger partial charge on any atom is -0.497 e. The third-order valence-corrected chi connectivity index (χ3v) is 18.1. The third kappa shape index (κ3) is 10.8. The van der Waals surface area contributed by atoms with Gasteiger partial charge in [0.05, 0.1) is 52.9 Å². The number of ether oxygens (including phenoxy) is 4. The van der Waals surface area contributed by atoms with E-state index in [4.69, 9.17) is 41.9 Å². The molecule has 1 aliphatic rings. The number of fused-ring (bicyclic) bond motifs is 1. The lowest BCUT2D eigenvalue weighted by Crippen LogP contribution is -2.49. The molecule has 6 aromatic rings. The number of nitriles is 1. The number of hydrogen-bond acceptors (Lipinski definition) is 14. The number of nitrogens with zero attached hydrogens (tertiary/aromatic N) is 5. The van der Waals surface area contributed by atoms with Crippen molar-refractivity contribution in [2.75, 3.05) is 39.4 Å². The Morgan fingerprint density at radius 1 is 0.868 bits per heavy atom. The molecule has 68 heavy (non-hydrogen) atoms. The molecule has 5 atom stereocenters. The minimum absolute atomic E-state index is 0.0851. The number of amides is 1. The normalized spacial score (nSPS) is 18.4. The van der Waals surface area contributed by atoms with Gasteiger partial charge in [-0.15, -0.1) is 6.58 Å². The van der Waals surface area contributed by atoms with Gasteiger partial charge in [-0.1, -0.05) is 99.6 Å². The summed E-state index contributed by atoms with van der Waals surface area (Å²) in [6.45, 7) is 13.6. The summed E-state index contributed by atoms with van der Waals surface area (Å²) in [5, 5.41) is 12.0. The van der Waals surface area contributed by atoms with Crippen molar-refractivity contribution in [2.45, 2.75) is 75.5 Å². The number of methoxy groups -OCH3 is 2. The number of aromatic nitrogens is 4. The number of carbonyl (C=O) groups excluding carboxylic acids is 1. The molecule has 1 fully saturated rings. The Morgan fingerprint density at radius 3 is 2.04 bits per heavy atom. The van der Waals surface area contributed by atoms with Crippen LogP contribution in [0.3, 0.4) is 0 Å². The standard InChI is InChI=1S/C50H57N6O10PSi/c1-9-30-62-67(58,63-31-16-29-51)65-43-41(32-61-50(36-19-14-11-15-20-36,37-21-25-39(59-5)26-22-37)38-23-27-40(60-6)28-24-38)64-48(44(43)66-68(7,8)49(2,3)4)56-34-54-42-45(52-33-53-46(42)56)55-47(57)35-17-12-10-13-18-35/h9-15,17-28,33-34,41,43-44,48H,1,16,30-32H2,2-8H3,(H,52,53,55,57). The molecule has 7 rings (SSSR count). The Labute approximate surface area is 397 Å². The molecule has 1 N–H and O–H groups in total. The van der Waals surface area contributed by atoms with Gasteiger partial charge in [-0.05, 0) is 71.2 Å². The van der Waals surface area contributed by atoms with Crippen molar-refractivity contribution in [3.63, 3.8) is 0 Å². The van der Waals surface area contributed by atoms with E-state index in [1.807, 2.05) is 91.0 Å². The Hall–Kier alpha value is -6.06. The molecule has 0 bridgehead atoms. The number of rotatable bonds is 21. The highest BCUT2D eigenvalue weighted by molar-refractivity contribution is 7.48. The summed E-state index contributed by atoms with van der Waals surface area (Å²) in [7, 11) is -4.07. The number of carbonyl (C=O) groups is 1. The van der Waals surface area contributed by atoms with Crippen LogP contribution in [0.25, 0.3) is 11.2 Å². The zero-order chi connectivity index (χ0) is 48.5. The smallest absolute Gasteiger partial charge is 0.475 e. The maximum absolute atomic E-state index is 14.8. The average molecular weight is 961 g/mol. The van der Waals surface area contributed by atoms with Gasteiger partial charge >= 0.3 is 7.82 Å². The van der Waals surface area contributed by atoms with Crippen LogP contribution in [0.15, 0.2) is 135 Å². The lowest BCUT2D eigenvalue weighted by atomic mass is 9.80. The molecule has 2 aromatic heterocycles. The molecular formula is C50H57N6O10PSi. The zero-order valence-electron chi connectivity index (χ0n) is 39.2. The highest BCUT2D eigenvalue weighted by Gasteiger charge is 2.55. The topological polar surface area (TPSA) is 187 Å². The summed E-state index contributed by atoms with van der Waals surface area (Å²) in [5.74, 6) is 1.09. The molecule has 3 heterocycles. The summed E-state index contributed by atoms with van der Waals surface area (Å²) in [6, 6.07) is 35.8. The summed E-state index contributed by atoms with van der Waals surface area (Å²) in [5.41, 5.74) is 2.04. The Kier molecular flexibility index (Phi) is 15.7. The van der Waals surface area contributed by atoms with Gasteiger partial charge < -0.3 is 28.7 Å². The van der Waals surface area contributed by atoms with Gasteiger partial charge in [-0.3, -0.25) is 22.9 Å². The minimum atomic E-state index is -4.51. The number of phosphoric ester groups is 1. The van der Waals surface area contributed by atoms with Crippen molar-refractivity contribution in [1.82, 2.24) is 19.5 Å². The summed E-state index contributed by atoms with van der Waals surface area (Å²) in [4.78, 5) is 27.1. The van der Waals surface area contributed by atoms with Crippen molar-refractivity contribution in [3.05, 3.63) is 157 Å². The lowest BCUT2D eigenvalue weighted by Gasteiger charge is -2.41. The van der Waals surface area contributed by atoms with E-state index in [1.54, 1.807) is 43.1 Å². The predicted molar refractivity (Wildman–Crippen MR) is 259 cm³/mol. The fraction of sp³-hybridized carbons (Fsp3) is 0.340. The molecule has 0 aliphatic carbocycles. The zero-order valence-corrected chi connectivity index (χ0v) is 41.1. The monoisotopic (exact) mass is 960 g/mol. The van der Waals surface area contributed by atoms with Crippen LogP contribution in [0.1, 0.15) is 60.5 Å². The first kappa shape index (κ1) is 49.8. The first-order valence-corrected chi connectivity index (χ1v) is 26.4. The molecule has 16 nitrogen and oxygen atoms in total. The summed E-state index contributed by atoms with van der Waals surface area (Å²) >= 11 is 0. The van der Waals surface area contributed by atoms with Crippen LogP contribution in [-0.2, 0) is 37.6 Å². The van der Waals surface area contributed by atoms with Crippen LogP contribution in [0.4, 0.5) is 5.82 Å². The van der Waals surface area contributed by atoms with Gasteiger partial charge in [0, 0.05) is 5.56 Å². The molecule has 1 aliphatic heterocycles. The first-order chi connectivity index (χ1) is 32.7. The van der Waals surface area contributed by atoms with Crippen molar-refractivity contribution in [3.8, 4) is 17.6 Å². The second kappa shape index (κ2) is 21.5. The fourth-order valence-corrected chi connectivity index (χ4v) is 10.2. The maximum atomic E-state index is 14.8. The lowest BCUT2D eigenvalue weighted by molar-refractivity contribution is -0.0940. The van der Waals surface area contributed by atoms with E-state index in [0.29, 0.717) is 22.7 Å². The summed E-state index contributed by atoms with van der Waals surface area (Å²) < 4.78 is 67.7. The van der Waals surface area contributed by atoms with Crippen molar-refractivity contribution in [1.29, 1.82) is 5.26 Å². The number of anilines is 1. The maximum Gasteiger partial charge on any atom is 0.475 e. The van der Waals surface area contributed by atoms with Crippen LogP contribution in [0.2, 0.25) is 18.1 Å².